The average Bonchev–Trinajstić information content (AvgIpc) is 2.14. The lowest BCUT2D eigenvalue weighted by atomic mass is 10.0. The summed E-state index contributed by atoms with van der Waals surface area (Å²) < 4.78 is 18.7. The molecule has 0 atom stereocenters. The number of rotatable bonds is 2. The molecule has 88 valence electrons. The predicted molar refractivity (Wildman–Crippen MR) is 60.9 cm³/mol. The van der Waals surface area contributed by atoms with Crippen LogP contribution >= 0.6 is 0 Å². The van der Waals surface area contributed by atoms with Crippen molar-refractivity contribution in [2.75, 3.05) is 0 Å². The first-order valence-corrected chi connectivity index (χ1v) is 5.36. The quantitative estimate of drug-likeness (QED) is 0.720. The molecule has 3 heteroatoms. The van der Waals surface area contributed by atoms with E-state index in [0.717, 1.165) is 0 Å². The van der Waals surface area contributed by atoms with Crippen molar-refractivity contribution in [3.8, 4) is 0 Å². The first kappa shape index (κ1) is 12.7. The van der Waals surface area contributed by atoms with Gasteiger partial charge in [0.15, 0.2) is 0 Å². The van der Waals surface area contributed by atoms with E-state index in [2.05, 4.69) is 0 Å². The number of hydrogen-bond donors (Lipinski definition) is 0. The molecule has 0 saturated carbocycles. The van der Waals surface area contributed by atoms with Crippen molar-refractivity contribution in [2.45, 2.75) is 39.7 Å². The van der Waals surface area contributed by atoms with Crippen LogP contribution in [0.2, 0.25) is 0 Å². The van der Waals surface area contributed by atoms with Gasteiger partial charge in [0.2, 0.25) is 0 Å². The summed E-state index contributed by atoms with van der Waals surface area (Å²) >= 11 is 0. The van der Waals surface area contributed by atoms with Gasteiger partial charge in [-0.2, -0.15) is 0 Å². The highest BCUT2D eigenvalue weighted by Gasteiger charge is 2.20. The van der Waals surface area contributed by atoms with E-state index in [-0.39, 0.29) is 5.82 Å². The lowest BCUT2D eigenvalue weighted by Gasteiger charge is -2.20. The van der Waals surface area contributed by atoms with E-state index in [1.807, 2.05) is 6.92 Å². The molecule has 0 amide bonds. The number of carbonyl (C=O) groups excluding carboxylic acids is 1. The maximum atomic E-state index is 13.4. The van der Waals surface area contributed by atoms with Crippen LogP contribution < -0.4 is 0 Å². The lowest BCUT2D eigenvalue weighted by molar-refractivity contribution is 0.00678. The molecule has 0 saturated heterocycles. The normalized spacial score (nSPS) is 11.3. The minimum Gasteiger partial charge on any atom is -0.456 e. The van der Waals surface area contributed by atoms with Gasteiger partial charge in [-0.15, -0.1) is 0 Å². The van der Waals surface area contributed by atoms with E-state index in [4.69, 9.17) is 4.74 Å². The molecule has 1 aromatic carbocycles. The highest BCUT2D eigenvalue weighted by molar-refractivity contribution is 5.91. The monoisotopic (exact) mass is 224 g/mol. The van der Waals surface area contributed by atoms with Crippen LogP contribution in [0.25, 0.3) is 0 Å². The topological polar surface area (TPSA) is 26.3 Å². The van der Waals surface area contributed by atoms with Gasteiger partial charge in [-0.25, -0.2) is 9.18 Å². The van der Waals surface area contributed by atoms with Gasteiger partial charge in [0.05, 0.1) is 5.56 Å². The fraction of sp³-hybridized carbons (Fsp3) is 0.462. The highest BCUT2D eigenvalue weighted by atomic mass is 19.1. The molecule has 2 nitrogen and oxygen atoms in total. The molecule has 0 unspecified atom stereocenters. The summed E-state index contributed by atoms with van der Waals surface area (Å²) in [6.07, 6.45) is 0.473. The third-order valence-electron chi connectivity index (χ3n) is 2.09. The first-order chi connectivity index (χ1) is 7.35. The summed E-state index contributed by atoms with van der Waals surface area (Å²) in [6, 6.07) is 4.47. The van der Waals surface area contributed by atoms with Gasteiger partial charge >= 0.3 is 5.97 Å². The lowest BCUT2D eigenvalue weighted by Crippen LogP contribution is -2.24. The second-order valence-corrected chi connectivity index (χ2v) is 4.62. The van der Waals surface area contributed by atoms with Crippen LogP contribution in [-0.2, 0) is 11.2 Å². The third kappa shape index (κ3) is 3.05. The molecular weight excluding hydrogens is 207 g/mol. The van der Waals surface area contributed by atoms with Crippen molar-refractivity contribution < 1.29 is 13.9 Å². The summed E-state index contributed by atoms with van der Waals surface area (Å²) in [4.78, 5) is 11.8. The largest absolute Gasteiger partial charge is 0.456 e. The number of halogens is 1. The van der Waals surface area contributed by atoms with Crippen molar-refractivity contribution in [1.82, 2.24) is 0 Å². The minimum absolute atomic E-state index is 0.317. The Labute approximate surface area is 95.4 Å². The Kier molecular flexibility index (Phi) is 3.68. The molecule has 0 aliphatic rings. The van der Waals surface area contributed by atoms with E-state index in [1.54, 1.807) is 26.8 Å². The van der Waals surface area contributed by atoms with Crippen LogP contribution in [0.1, 0.15) is 43.6 Å². The molecule has 16 heavy (non-hydrogen) atoms. The van der Waals surface area contributed by atoms with Crippen LogP contribution in [0.3, 0.4) is 0 Å². The standard InChI is InChI=1S/C13H17FO2/c1-5-9-10(7-6-8-11(9)14)12(15)16-13(2,3)4/h6-8H,5H2,1-4H3. The van der Waals surface area contributed by atoms with E-state index < -0.39 is 11.6 Å². The molecule has 0 spiro atoms. The fourth-order valence-corrected chi connectivity index (χ4v) is 1.44. The maximum absolute atomic E-state index is 13.4. The van der Waals surface area contributed by atoms with E-state index in [0.29, 0.717) is 17.5 Å². The van der Waals surface area contributed by atoms with Crippen LogP contribution in [0, 0.1) is 5.82 Å². The predicted octanol–water partition coefficient (Wildman–Crippen LogP) is 3.34. The number of hydrogen-bond acceptors (Lipinski definition) is 2. The summed E-state index contributed by atoms with van der Waals surface area (Å²) in [6.45, 7) is 7.17. The van der Waals surface area contributed by atoms with Crippen molar-refractivity contribution in [1.29, 1.82) is 0 Å². The van der Waals surface area contributed by atoms with Gasteiger partial charge in [-0.1, -0.05) is 13.0 Å². The zero-order valence-corrected chi connectivity index (χ0v) is 10.1. The Bertz CT molecular complexity index is 391. The third-order valence-corrected chi connectivity index (χ3v) is 2.09. The smallest absolute Gasteiger partial charge is 0.339 e. The van der Waals surface area contributed by atoms with Crippen LogP contribution in [0.5, 0.6) is 0 Å². The molecule has 0 fully saturated rings. The molecule has 0 N–H and O–H groups in total. The molecule has 0 aromatic heterocycles. The summed E-state index contributed by atoms with van der Waals surface area (Å²) in [5.41, 5.74) is 0.170. The Morgan fingerprint density at radius 2 is 2.00 bits per heavy atom. The number of carbonyl (C=O) groups is 1. The van der Waals surface area contributed by atoms with Gasteiger partial charge in [0, 0.05) is 5.56 Å². The molecule has 0 bridgehead atoms. The Morgan fingerprint density at radius 3 is 2.50 bits per heavy atom. The molecule has 1 aromatic rings. The molecule has 0 aliphatic heterocycles. The van der Waals surface area contributed by atoms with Crippen molar-refractivity contribution in [2.24, 2.45) is 0 Å². The van der Waals surface area contributed by atoms with Crippen molar-refractivity contribution in [3.05, 3.63) is 35.1 Å². The van der Waals surface area contributed by atoms with Gasteiger partial charge in [0.1, 0.15) is 11.4 Å². The Hall–Kier alpha value is -1.38. The second-order valence-electron chi connectivity index (χ2n) is 4.62. The SMILES string of the molecule is CCc1c(F)cccc1C(=O)OC(C)(C)C. The van der Waals surface area contributed by atoms with Crippen molar-refractivity contribution >= 4 is 5.97 Å². The number of esters is 1. The molecule has 1 rings (SSSR count). The van der Waals surface area contributed by atoms with Crippen molar-refractivity contribution in [3.63, 3.8) is 0 Å². The average molecular weight is 224 g/mol. The van der Waals surface area contributed by atoms with E-state index >= 15 is 0 Å². The Morgan fingerprint density at radius 1 is 1.38 bits per heavy atom. The number of ether oxygens (including phenoxy) is 1. The van der Waals surface area contributed by atoms with E-state index in [9.17, 15) is 9.18 Å². The molecule has 0 radical (unpaired) electrons. The summed E-state index contributed by atoms with van der Waals surface area (Å²) in [5, 5.41) is 0. The molecular formula is C13H17FO2. The second kappa shape index (κ2) is 4.64. The zero-order valence-electron chi connectivity index (χ0n) is 10.1. The van der Waals surface area contributed by atoms with E-state index in [1.165, 1.54) is 12.1 Å². The van der Waals surface area contributed by atoms with Crippen LogP contribution in [0.4, 0.5) is 4.39 Å². The maximum Gasteiger partial charge on any atom is 0.339 e. The molecule has 0 heterocycles. The van der Waals surface area contributed by atoms with Gasteiger partial charge in [0.25, 0.3) is 0 Å². The van der Waals surface area contributed by atoms with Gasteiger partial charge in [-0.3, -0.25) is 0 Å². The Balaban J connectivity index is 3.04. The first-order valence-electron chi connectivity index (χ1n) is 5.36. The number of benzene rings is 1. The molecule has 0 aliphatic carbocycles. The van der Waals surface area contributed by atoms with Crippen LogP contribution in [0.15, 0.2) is 18.2 Å². The summed E-state index contributed by atoms with van der Waals surface area (Å²) in [7, 11) is 0. The minimum atomic E-state index is -0.561. The fourth-order valence-electron chi connectivity index (χ4n) is 1.44. The van der Waals surface area contributed by atoms with Gasteiger partial charge < -0.3 is 4.74 Å². The van der Waals surface area contributed by atoms with Gasteiger partial charge in [-0.05, 0) is 39.3 Å². The van der Waals surface area contributed by atoms with Crippen LogP contribution in [-0.4, -0.2) is 11.6 Å². The zero-order chi connectivity index (χ0) is 12.3. The summed E-state index contributed by atoms with van der Waals surface area (Å²) in [5.74, 6) is -0.824. The highest BCUT2D eigenvalue weighted by Crippen LogP contribution is 2.18.